The first-order valence-corrected chi connectivity index (χ1v) is 5.50. The van der Waals surface area contributed by atoms with Crippen LogP contribution < -0.4 is 5.32 Å². The molecule has 0 aliphatic carbocycles. The van der Waals surface area contributed by atoms with Crippen LogP contribution in [0.2, 0.25) is 0 Å². The van der Waals surface area contributed by atoms with Crippen molar-refractivity contribution in [3.8, 4) is 0 Å². The number of carboxylic acids is 1. The van der Waals surface area contributed by atoms with Crippen LogP contribution in [0, 0.1) is 6.92 Å². The summed E-state index contributed by atoms with van der Waals surface area (Å²) in [6, 6.07) is 7.95. The van der Waals surface area contributed by atoms with Gasteiger partial charge in [-0.3, -0.25) is 4.79 Å². The fraction of sp³-hybridized carbons (Fsp3) is 0.0769. The van der Waals surface area contributed by atoms with Crippen molar-refractivity contribution in [3.05, 3.63) is 53.5 Å². The summed E-state index contributed by atoms with van der Waals surface area (Å²) in [6.45, 7) is 1.82. The van der Waals surface area contributed by atoms with E-state index in [1.807, 2.05) is 13.0 Å². The molecule has 0 unspecified atom stereocenters. The molecule has 0 aromatic carbocycles. The molecule has 0 atom stereocenters. The van der Waals surface area contributed by atoms with Gasteiger partial charge in [0.15, 0.2) is 0 Å². The van der Waals surface area contributed by atoms with Crippen molar-refractivity contribution in [2.24, 2.45) is 0 Å². The van der Waals surface area contributed by atoms with Crippen LogP contribution in [0.5, 0.6) is 0 Å². The van der Waals surface area contributed by atoms with E-state index in [0.29, 0.717) is 5.82 Å². The van der Waals surface area contributed by atoms with Gasteiger partial charge in [0, 0.05) is 11.9 Å². The molecule has 0 aliphatic rings. The molecule has 6 nitrogen and oxygen atoms in total. The number of nitrogens with one attached hydrogen (secondary N) is 1. The Kier molecular flexibility index (Phi) is 3.51. The second kappa shape index (κ2) is 5.26. The number of amides is 1. The van der Waals surface area contributed by atoms with E-state index in [1.54, 1.807) is 12.1 Å². The Labute approximate surface area is 109 Å². The average molecular weight is 257 g/mol. The topological polar surface area (TPSA) is 92.2 Å². The van der Waals surface area contributed by atoms with E-state index in [0.717, 1.165) is 5.69 Å². The Bertz CT molecular complexity index is 623. The van der Waals surface area contributed by atoms with Crippen LogP contribution in [-0.2, 0) is 0 Å². The fourth-order valence-electron chi connectivity index (χ4n) is 1.46. The summed E-state index contributed by atoms with van der Waals surface area (Å²) in [5, 5.41) is 11.3. The van der Waals surface area contributed by atoms with E-state index in [9.17, 15) is 9.59 Å². The summed E-state index contributed by atoms with van der Waals surface area (Å²) in [4.78, 5) is 30.3. The Morgan fingerprint density at radius 1 is 1.21 bits per heavy atom. The van der Waals surface area contributed by atoms with Gasteiger partial charge >= 0.3 is 5.97 Å². The first-order chi connectivity index (χ1) is 9.06. The molecular weight excluding hydrogens is 246 g/mol. The summed E-state index contributed by atoms with van der Waals surface area (Å²) in [7, 11) is 0. The predicted molar refractivity (Wildman–Crippen MR) is 68.1 cm³/mol. The Morgan fingerprint density at radius 3 is 2.58 bits per heavy atom. The molecule has 0 bridgehead atoms. The number of carbonyl (C=O) groups excluding carboxylic acids is 1. The molecule has 0 aliphatic heterocycles. The van der Waals surface area contributed by atoms with Gasteiger partial charge in [0.05, 0.1) is 5.56 Å². The fourth-order valence-corrected chi connectivity index (χ4v) is 1.46. The van der Waals surface area contributed by atoms with Gasteiger partial charge < -0.3 is 10.4 Å². The third-order valence-electron chi connectivity index (χ3n) is 2.37. The lowest BCUT2D eigenvalue weighted by Crippen LogP contribution is -2.14. The molecular formula is C13H11N3O3. The molecule has 0 saturated carbocycles. The van der Waals surface area contributed by atoms with Gasteiger partial charge in [-0.2, -0.15) is 0 Å². The van der Waals surface area contributed by atoms with Crippen molar-refractivity contribution in [3.63, 3.8) is 0 Å². The largest absolute Gasteiger partial charge is 0.477 e. The van der Waals surface area contributed by atoms with Crippen molar-refractivity contribution in [2.45, 2.75) is 6.92 Å². The Morgan fingerprint density at radius 2 is 2.00 bits per heavy atom. The zero-order valence-corrected chi connectivity index (χ0v) is 10.1. The number of hydrogen-bond acceptors (Lipinski definition) is 4. The maximum absolute atomic E-state index is 11.9. The summed E-state index contributed by atoms with van der Waals surface area (Å²) in [6.07, 6.45) is 1.22. The summed E-state index contributed by atoms with van der Waals surface area (Å²) >= 11 is 0. The molecule has 19 heavy (non-hydrogen) atoms. The smallest absolute Gasteiger partial charge is 0.354 e. The number of hydrogen-bond donors (Lipinski definition) is 2. The molecule has 96 valence electrons. The van der Waals surface area contributed by atoms with Gasteiger partial charge in [-0.25, -0.2) is 14.8 Å². The Hall–Kier alpha value is -2.76. The number of pyridine rings is 2. The van der Waals surface area contributed by atoms with Crippen LogP contribution in [0.4, 0.5) is 5.82 Å². The van der Waals surface area contributed by atoms with E-state index in [1.165, 1.54) is 18.3 Å². The predicted octanol–water partition coefficient (Wildman–Crippen LogP) is 1.74. The number of rotatable bonds is 3. The van der Waals surface area contributed by atoms with Gasteiger partial charge in [0.1, 0.15) is 11.5 Å². The van der Waals surface area contributed by atoms with Crippen LogP contribution >= 0.6 is 0 Å². The van der Waals surface area contributed by atoms with Crippen LogP contribution in [0.15, 0.2) is 36.5 Å². The van der Waals surface area contributed by atoms with E-state index in [4.69, 9.17) is 5.11 Å². The number of aryl methyl sites for hydroxylation is 1. The SMILES string of the molecule is Cc1cccc(NC(=O)c2ccc(C(=O)O)nc2)n1. The van der Waals surface area contributed by atoms with Gasteiger partial charge in [-0.1, -0.05) is 6.07 Å². The number of carbonyl (C=O) groups is 2. The highest BCUT2D eigenvalue weighted by molar-refractivity contribution is 6.03. The maximum atomic E-state index is 11.9. The molecule has 0 saturated heterocycles. The number of aromatic nitrogens is 2. The van der Waals surface area contributed by atoms with Gasteiger partial charge in [0.2, 0.25) is 0 Å². The normalized spacial score (nSPS) is 9.95. The minimum atomic E-state index is -1.13. The molecule has 0 radical (unpaired) electrons. The van der Waals surface area contributed by atoms with Crippen molar-refractivity contribution in [1.82, 2.24) is 9.97 Å². The van der Waals surface area contributed by atoms with Crippen molar-refractivity contribution >= 4 is 17.7 Å². The van der Waals surface area contributed by atoms with Gasteiger partial charge in [-0.15, -0.1) is 0 Å². The highest BCUT2D eigenvalue weighted by Crippen LogP contribution is 2.07. The van der Waals surface area contributed by atoms with Crippen molar-refractivity contribution in [1.29, 1.82) is 0 Å². The number of nitrogens with zero attached hydrogens (tertiary/aromatic N) is 2. The first kappa shape index (κ1) is 12.7. The van der Waals surface area contributed by atoms with E-state index in [-0.39, 0.29) is 17.2 Å². The lowest BCUT2D eigenvalue weighted by Gasteiger charge is -2.04. The standard InChI is InChI=1S/C13H11N3O3/c1-8-3-2-4-11(15-8)16-12(17)9-5-6-10(13(18)19)14-7-9/h2-7H,1H3,(H,18,19)(H,15,16,17). The van der Waals surface area contributed by atoms with Crippen LogP contribution in [0.3, 0.4) is 0 Å². The zero-order valence-electron chi connectivity index (χ0n) is 10.1. The average Bonchev–Trinajstić information content (AvgIpc) is 2.39. The number of anilines is 1. The third-order valence-corrected chi connectivity index (χ3v) is 2.37. The Balaban J connectivity index is 2.14. The minimum absolute atomic E-state index is 0.106. The highest BCUT2D eigenvalue weighted by Gasteiger charge is 2.09. The molecule has 1 amide bonds. The zero-order chi connectivity index (χ0) is 13.8. The second-order valence-electron chi connectivity index (χ2n) is 3.86. The highest BCUT2D eigenvalue weighted by atomic mass is 16.4. The van der Waals surface area contributed by atoms with Gasteiger partial charge in [0.25, 0.3) is 5.91 Å². The lowest BCUT2D eigenvalue weighted by atomic mass is 10.2. The third kappa shape index (κ3) is 3.12. The molecule has 2 aromatic heterocycles. The lowest BCUT2D eigenvalue weighted by molar-refractivity contribution is 0.0690. The van der Waals surface area contributed by atoms with E-state index >= 15 is 0 Å². The van der Waals surface area contributed by atoms with Crippen LogP contribution in [0.1, 0.15) is 26.5 Å². The monoisotopic (exact) mass is 257 g/mol. The number of aromatic carboxylic acids is 1. The summed E-state index contributed by atoms with van der Waals surface area (Å²) < 4.78 is 0. The molecule has 0 fully saturated rings. The maximum Gasteiger partial charge on any atom is 0.354 e. The van der Waals surface area contributed by atoms with Crippen molar-refractivity contribution < 1.29 is 14.7 Å². The van der Waals surface area contributed by atoms with Crippen molar-refractivity contribution in [2.75, 3.05) is 5.32 Å². The second-order valence-corrected chi connectivity index (χ2v) is 3.86. The molecule has 2 N–H and O–H groups in total. The minimum Gasteiger partial charge on any atom is -0.477 e. The summed E-state index contributed by atoms with van der Waals surface area (Å²) in [5.41, 5.74) is 0.954. The van der Waals surface area contributed by atoms with E-state index < -0.39 is 5.97 Å². The van der Waals surface area contributed by atoms with E-state index in [2.05, 4.69) is 15.3 Å². The molecule has 2 heterocycles. The molecule has 2 rings (SSSR count). The quantitative estimate of drug-likeness (QED) is 0.873. The van der Waals surface area contributed by atoms with Gasteiger partial charge in [-0.05, 0) is 31.2 Å². The molecule has 0 spiro atoms. The number of carboxylic acid groups (broad SMARTS) is 1. The van der Waals surface area contributed by atoms with Crippen LogP contribution in [0.25, 0.3) is 0 Å². The van der Waals surface area contributed by atoms with Crippen LogP contribution in [-0.4, -0.2) is 27.0 Å². The first-order valence-electron chi connectivity index (χ1n) is 5.50. The summed E-state index contributed by atoms with van der Waals surface area (Å²) in [5.74, 6) is -1.08. The molecule has 6 heteroatoms. The molecule has 2 aromatic rings.